The minimum atomic E-state index is 0.500. The molecule has 1 N–H and O–H groups in total. The number of methoxy groups -OCH3 is 1. The number of hydrogen-bond donors (Lipinski definition) is 1. The maximum absolute atomic E-state index is 5.09. The highest BCUT2D eigenvalue weighted by molar-refractivity contribution is 5.38. The third kappa shape index (κ3) is 5.02. The fourth-order valence-electron chi connectivity index (χ4n) is 1.83. The van der Waals surface area contributed by atoms with Crippen molar-refractivity contribution in [1.29, 1.82) is 0 Å². The Morgan fingerprint density at radius 1 is 1.24 bits per heavy atom. The topological polar surface area (TPSA) is 47.0 Å². The first-order valence-electron chi connectivity index (χ1n) is 6.42. The summed E-state index contributed by atoms with van der Waals surface area (Å²) in [7, 11) is 1.62. The Bertz CT molecular complexity index is 317. The first-order valence-corrected chi connectivity index (χ1v) is 6.42. The number of aromatic nitrogens is 2. The molecule has 0 fully saturated rings. The minimum Gasteiger partial charge on any atom is -0.481 e. The summed E-state index contributed by atoms with van der Waals surface area (Å²) in [6.07, 6.45) is 7.56. The molecule has 0 saturated carbocycles. The van der Waals surface area contributed by atoms with Crippen LogP contribution in [-0.4, -0.2) is 23.1 Å². The van der Waals surface area contributed by atoms with E-state index < -0.39 is 0 Å². The average Bonchev–Trinajstić information content (AvgIpc) is 2.36. The predicted molar refractivity (Wildman–Crippen MR) is 70.4 cm³/mol. The lowest BCUT2D eigenvalue weighted by atomic mass is 10.1. The van der Waals surface area contributed by atoms with Crippen LogP contribution in [0.5, 0.6) is 5.88 Å². The second-order valence-electron chi connectivity index (χ2n) is 4.22. The zero-order valence-electron chi connectivity index (χ0n) is 11.1. The third-order valence-electron chi connectivity index (χ3n) is 2.75. The van der Waals surface area contributed by atoms with Gasteiger partial charge in [0.25, 0.3) is 0 Å². The highest BCUT2D eigenvalue weighted by atomic mass is 16.5. The number of nitrogens with zero attached hydrogens (tertiary/aromatic N) is 2. The van der Waals surface area contributed by atoms with Gasteiger partial charge in [0, 0.05) is 12.1 Å². The SMILES string of the molecule is CCCCC(CCC)Nc1cc(OC)ncn1. The molecule has 0 spiro atoms. The third-order valence-corrected chi connectivity index (χ3v) is 2.75. The van der Waals surface area contributed by atoms with Crippen LogP contribution in [0.25, 0.3) is 0 Å². The summed E-state index contributed by atoms with van der Waals surface area (Å²) in [4.78, 5) is 8.22. The highest BCUT2D eigenvalue weighted by Crippen LogP contribution is 2.15. The molecule has 96 valence electrons. The van der Waals surface area contributed by atoms with E-state index in [2.05, 4.69) is 29.1 Å². The summed E-state index contributed by atoms with van der Waals surface area (Å²) in [5.74, 6) is 1.46. The zero-order chi connectivity index (χ0) is 12.5. The smallest absolute Gasteiger partial charge is 0.218 e. The van der Waals surface area contributed by atoms with Crippen molar-refractivity contribution in [3.63, 3.8) is 0 Å². The van der Waals surface area contributed by atoms with Crippen molar-refractivity contribution in [3.05, 3.63) is 12.4 Å². The predicted octanol–water partition coefficient (Wildman–Crippen LogP) is 3.26. The van der Waals surface area contributed by atoms with Crippen molar-refractivity contribution in [2.45, 2.75) is 52.0 Å². The van der Waals surface area contributed by atoms with Gasteiger partial charge in [-0.15, -0.1) is 0 Å². The van der Waals surface area contributed by atoms with Crippen LogP contribution in [0, 0.1) is 0 Å². The van der Waals surface area contributed by atoms with E-state index in [4.69, 9.17) is 4.74 Å². The number of nitrogens with one attached hydrogen (secondary N) is 1. The molecule has 0 aliphatic heterocycles. The lowest BCUT2D eigenvalue weighted by Crippen LogP contribution is -2.20. The Labute approximate surface area is 104 Å². The average molecular weight is 237 g/mol. The van der Waals surface area contributed by atoms with Gasteiger partial charge in [-0.1, -0.05) is 33.1 Å². The van der Waals surface area contributed by atoms with Crippen molar-refractivity contribution in [2.24, 2.45) is 0 Å². The number of unbranched alkanes of at least 4 members (excludes halogenated alkanes) is 1. The standard InChI is InChI=1S/C13H23N3O/c1-4-6-8-11(7-5-2)16-12-9-13(17-3)15-10-14-12/h9-11H,4-8H2,1-3H3,(H,14,15,16). The van der Waals surface area contributed by atoms with Crippen LogP contribution in [0.3, 0.4) is 0 Å². The van der Waals surface area contributed by atoms with Crippen molar-refractivity contribution >= 4 is 5.82 Å². The molecule has 1 aromatic rings. The maximum Gasteiger partial charge on any atom is 0.218 e. The quantitative estimate of drug-likeness (QED) is 0.754. The second kappa shape index (κ2) is 7.87. The van der Waals surface area contributed by atoms with Gasteiger partial charge in [0.15, 0.2) is 0 Å². The first kappa shape index (κ1) is 13.7. The van der Waals surface area contributed by atoms with E-state index in [1.807, 2.05) is 6.07 Å². The zero-order valence-corrected chi connectivity index (χ0v) is 11.1. The molecular weight excluding hydrogens is 214 g/mol. The lowest BCUT2D eigenvalue weighted by molar-refractivity contribution is 0.397. The molecule has 0 bridgehead atoms. The van der Waals surface area contributed by atoms with E-state index in [0.717, 1.165) is 5.82 Å². The van der Waals surface area contributed by atoms with E-state index in [0.29, 0.717) is 11.9 Å². The molecule has 0 aromatic carbocycles. The van der Waals surface area contributed by atoms with Gasteiger partial charge in [0.05, 0.1) is 7.11 Å². The van der Waals surface area contributed by atoms with Crippen LogP contribution < -0.4 is 10.1 Å². The van der Waals surface area contributed by atoms with Crippen molar-refractivity contribution in [1.82, 2.24) is 9.97 Å². The van der Waals surface area contributed by atoms with E-state index in [1.54, 1.807) is 7.11 Å². The summed E-state index contributed by atoms with van der Waals surface area (Å²) in [5, 5.41) is 3.46. The molecule has 0 aliphatic carbocycles. The monoisotopic (exact) mass is 237 g/mol. The van der Waals surface area contributed by atoms with Crippen LogP contribution >= 0.6 is 0 Å². The van der Waals surface area contributed by atoms with Crippen molar-refractivity contribution in [3.8, 4) is 5.88 Å². The van der Waals surface area contributed by atoms with Crippen molar-refractivity contribution in [2.75, 3.05) is 12.4 Å². The number of hydrogen-bond acceptors (Lipinski definition) is 4. The largest absolute Gasteiger partial charge is 0.481 e. The molecule has 0 aliphatic rings. The first-order chi connectivity index (χ1) is 8.30. The summed E-state index contributed by atoms with van der Waals surface area (Å²) in [6, 6.07) is 2.34. The highest BCUT2D eigenvalue weighted by Gasteiger charge is 2.08. The Morgan fingerprint density at radius 3 is 2.71 bits per heavy atom. The summed E-state index contributed by atoms with van der Waals surface area (Å²) < 4.78 is 5.09. The Morgan fingerprint density at radius 2 is 2.06 bits per heavy atom. The van der Waals surface area contributed by atoms with Gasteiger partial charge in [0.2, 0.25) is 5.88 Å². The van der Waals surface area contributed by atoms with Gasteiger partial charge >= 0.3 is 0 Å². The van der Waals surface area contributed by atoms with Crippen LogP contribution in [0.15, 0.2) is 12.4 Å². The summed E-state index contributed by atoms with van der Waals surface area (Å²) in [6.45, 7) is 4.43. The number of rotatable bonds is 8. The number of ether oxygens (including phenoxy) is 1. The van der Waals surface area contributed by atoms with Crippen LogP contribution in [0.1, 0.15) is 46.0 Å². The van der Waals surface area contributed by atoms with Crippen LogP contribution in [0.2, 0.25) is 0 Å². The Hall–Kier alpha value is -1.32. The van der Waals surface area contributed by atoms with Gasteiger partial charge in [-0.2, -0.15) is 0 Å². The maximum atomic E-state index is 5.09. The molecule has 1 heterocycles. The Kier molecular flexibility index (Phi) is 6.37. The number of anilines is 1. The fraction of sp³-hybridized carbons (Fsp3) is 0.692. The summed E-state index contributed by atoms with van der Waals surface area (Å²) in [5.41, 5.74) is 0. The normalized spacial score (nSPS) is 12.2. The van der Waals surface area contributed by atoms with Gasteiger partial charge in [-0.05, 0) is 12.8 Å². The molecule has 4 nitrogen and oxygen atoms in total. The molecule has 1 atom stereocenters. The van der Waals surface area contributed by atoms with Gasteiger partial charge in [-0.25, -0.2) is 9.97 Å². The van der Waals surface area contributed by atoms with E-state index in [-0.39, 0.29) is 0 Å². The van der Waals surface area contributed by atoms with Gasteiger partial charge in [-0.3, -0.25) is 0 Å². The molecule has 17 heavy (non-hydrogen) atoms. The molecule has 1 rings (SSSR count). The summed E-state index contributed by atoms with van der Waals surface area (Å²) >= 11 is 0. The van der Waals surface area contributed by atoms with Crippen LogP contribution in [-0.2, 0) is 0 Å². The van der Waals surface area contributed by atoms with Gasteiger partial charge in [0.1, 0.15) is 12.1 Å². The van der Waals surface area contributed by atoms with E-state index in [1.165, 1.54) is 38.4 Å². The fourth-order valence-corrected chi connectivity index (χ4v) is 1.83. The van der Waals surface area contributed by atoms with Crippen LogP contribution in [0.4, 0.5) is 5.82 Å². The van der Waals surface area contributed by atoms with E-state index >= 15 is 0 Å². The van der Waals surface area contributed by atoms with Gasteiger partial charge < -0.3 is 10.1 Å². The van der Waals surface area contributed by atoms with E-state index in [9.17, 15) is 0 Å². The molecule has 1 aromatic heterocycles. The molecule has 4 heteroatoms. The van der Waals surface area contributed by atoms with Crippen molar-refractivity contribution < 1.29 is 4.74 Å². The molecule has 0 amide bonds. The Balaban J connectivity index is 2.57. The lowest BCUT2D eigenvalue weighted by Gasteiger charge is -2.18. The molecule has 0 radical (unpaired) electrons. The molecule has 1 unspecified atom stereocenters. The molecular formula is C13H23N3O. The molecule has 0 saturated heterocycles. The minimum absolute atomic E-state index is 0.500. The second-order valence-corrected chi connectivity index (χ2v) is 4.22.